The Morgan fingerprint density at radius 2 is 1.91 bits per heavy atom. The van der Waals surface area contributed by atoms with Crippen LogP contribution in [0.4, 0.5) is 0 Å². The van der Waals surface area contributed by atoms with Crippen LogP contribution >= 0.6 is 0 Å². The molecule has 0 heterocycles. The van der Waals surface area contributed by atoms with E-state index in [0.717, 1.165) is 0 Å². The fourth-order valence-corrected chi connectivity index (χ4v) is 1.46. The van der Waals surface area contributed by atoms with Crippen LogP contribution in [0.15, 0.2) is 24.3 Å². The van der Waals surface area contributed by atoms with Gasteiger partial charge in [0, 0.05) is 13.7 Å². The summed E-state index contributed by atoms with van der Waals surface area (Å²) in [4.78, 5) is 34.1. The van der Waals surface area contributed by atoms with E-state index in [1.165, 1.54) is 19.2 Å². The van der Waals surface area contributed by atoms with Crippen LogP contribution in [0.3, 0.4) is 0 Å². The van der Waals surface area contributed by atoms with Gasteiger partial charge in [-0.15, -0.1) is 0 Å². The third kappa shape index (κ3) is 6.23. The summed E-state index contributed by atoms with van der Waals surface area (Å²) >= 11 is 0. The van der Waals surface area contributed by atoms with Crippen molar-refractivity contribution in [2.75, 3.05) is 33.5 Å². The predicted octanol–water partition coefficient (Wildman–Crippen LogP) is -0.530. The van der Waals surface area contributed by atoms with Gasteiger partial charge in [-0.05, 0) is 12.1 Å². The Balaban J connectivity index is 2.54. The minimum Gasteiger partial charge on any atom is -0.483 e. The van der Waals surface area contributed by atoms with Crippen molar-refractivity contribution in [3.8, 4) is 5.75 Å². The SMILES string of the molecule is COCCNC(=O)COC(=O)c1ccccc1OCC(N)=O. The number of methoxy groups -OCH3 is 1. The zero-order valence-electron chi connectivity index (χ0n) is 12.2. The van der Waals surface area contributed by atoms with Crippen molar-refractivity contribution in [1.82, 2.24) is 5.32 Å². The van der Waals surface area contributed by atoms with Crippen molar-refractivity contribution in [3.63, 3.8) is 0 Å². The molecule has 0 saturated heterocycles. The Bertz CT molecular complexity index is 532. The van der Waals surface area contributed by atoms with Crippen LogP contribution in [0, 0.1) is 0 Å². The molecule has 8 heteroatoms. The standard InChI is InChI=1S/C14H18N2O6/c1-20-7-6-16-13(18)9-22-14(19)10-4-2-3-5-11(10)21-8-12(15)17/h2-5H,6-9H2,1H3,(H2,15,17)(H,16,18). The van der Waals surface area contributed by atoms with Crippen molar-refractivity contribution in [1.29, 1.82) is 0 Å². The Labute approximate surface area is 127 Å². The molecule has 0 fully saturated rings. The molecule has 0 aliphatic heterocycles. The van der Waals surface area contributed by atoms with Crippen molar-refractivity contribution in [3.05, 3.63) is 29.8 Å². The highest BCUT2D eigenvalue weighted by molar-refractivity contribution is 5.94. The van der Waals surface area contributed by atoms with Gasteiger partial charge < -0.3 is 25.3 Å². The van der Waals surface area contributed by atoms with Crippen LogP contribution in [0.25, 0.3) is 0 Å². The highest BCUT2D eigenvalue weighted by Crippen LogP contribution is 2.18. The molecule has 2 amide bonds. The van der Waals surface area contributed by atoms with Gasteiger partial charge in [0.2, 0.25) is 0 Å². The highest BCUT2D eigenvalue weighted by atomic mass is 16.5. The molecule has 0 saturated carbocycles. The Hall–Kier alpha value is -2.61. The molecular formula is C14H18N2O6. The predicted molar refractivity (Wildman–Crippen MR) is 76.3 cm³/mol. The van der Waals surface area contributed by atoms with Gasteiger partial charge in [0.15, 0.2) is 13.2 Å². The van der Waals surface area contributed by atoms with Crippen molar-refractivity contribution < 1.29 is 28.6 Å². The second kappa shape index (κ2) is 9.35. The molecule has 22 heavy (non-hydrogen) atoms. The van der Waals surface area contributed by atoms with Gasteiger partial charge in [-0.3, -0.25) is 9.59 Å². The first kappa shape index (κ1) is 17.4. The normalized spacial score (nSPS) is 9.86. The number of amides is 2. The Morgan fingerprint density at radius 1 is 1.18 bits per heavy atom. The van der Waals surface area contributed by atoms with E-state index in [1.807, 2.05) is 0 Å². The van der Waals surface area contributed by atoms with Gasteiger partial charge in [0.1, 0.15) is 11.3 Å². The van der Waals surface area contributed by atoms with Crippen LogP contribution in [0.5, 0.6) is 5.75 Å². The summed E-state index contributed by atoms with van der Waals surface area (Å²) in [5, 5.41) is 2.51. The lowest BCUT2D eigenvalue weighted by molar-refractivity contribution is -0.124. The first-order valence-electron chi connectivity index (χ1n) is 6.47. The van der Waals surface area contributed by atoms with Crippen molar-refractivity contribution in [2.24, 2.45) is 5.73 Å². The van der Waals surface area contributed by atoms with E-state index in [1.54, 1.807) is 12.1 Å². The lowest BCUT2D eigenvalue weighted by Crippen LogP contribution is -2.31. The van der Waals surface area contributed by atoms with Crippen LogP contribution in [0.1, 0.15) is 10.4 Å². The second-order valence-corrected chi connectivity index (χ2v) is 4.17. The average molecular weight is 310 g/mol. The number of rotatable bonds is 9. The number of esters is 1. The molecule has 0 aliphatic carbocycles. The summed E-state index contributed by atoms with van der Waals surface area (Å²) in [5.74, 6) is -1.69. The number of primary amides is 1. The molecule has 8 nitrogen and oxygen atoms in total. The number of ether oxygens (including phenoxy) is 3. The maximum Gasteiger partial charge on any atom is 0.342 e. The summed E-state index contributed by atoms with van der Waals surface area (Å²) in [5.41, 5.74) is 5.08. The van der Waals surface area contributed by atoms with Gasteiger partial charge in [-0.1, -0.05) is 12.1 Å². The molecule has 3 N–H and O–H groups in total. The average Bonchev–Trinajstić information content (AvgIpc) is 2.51. The molecule has 0 aromatic heterocycles. The lowest BCUT2D eigenvalue weighted by atomic mass is 10.2. The van der Waals surface area contributed by atoms with Crippen molar-refractivity contribution >= 4 is 17.8 Å². The monoisotopic (exact) mass is 310 g/mol. The third-order valence-electron chi connectivity index (χ3n) is 2.44. The molecule has 0 aliphatic rings. The summed E-state index contributed by atoms with van der Waals surface area (Å²) in [6.45, 7) is -0.0941. The molecule has 1 aromatic rings. The molecule has 0 bridgehead atoms. The van der Waals surface area contributed by atoms with E-state index < -0.39 is 24.4 Å². The number of hydrogen-bond acceptors (Lipinski definition) is 6. The number of nitrogens with two attached hydrogens (primary N) is 1. The van der Waals surface area contributed by atoms with Gasteiger partial charge in [0.25, 0.3) is 11.8 Å². The molecule has 1 rings (SSSR count). The molecule has 0 unspecified atom stereocenters. The smallest absolute Gasteiger partial charge is 0.342 e. The molecular weight excluding hydrogens is 292 g/mol. The summed E-state index contributed by atoms with van der Waals surface area (Å²) in [6.07, 6.45) is 0. The number of hydrogen-bond donors (Lipinski definition) is 2. The molecule has 0 radical (unpaired) electrons. The lowest BCUT2D eigenvalue weighted by Gasteiger charge is -2.10. The van der Waals surface area contributed by atoms with Gasteiger partial charge >= 0.3 is 5.97 Å². The van der Waals surface area contributed by atoms with Crippen molar-refractivity contribution in [2.45, 2.75) is 0 Å². The maximum atomic E-state index is 11.9. The first-order chi connectivity index (χ1) is 10.5. The topological polar surface area (TPSA) is 117 Å². The highest BCUT2D eigenvalue weighted by Gasteiger charge is 2.15. The maximum absolute atomic E-state index is 11.9. The number of carbonyl (C=O) groups is 3. The molecule has 0 spiro atoms. The zero-order chi connectivity index (χ0) is 16.4. The Morgan fingerprint density at radius 3 is 2.59 bits per heavy atom. The zero-order valence-corrected chi connectivity index (χ0v) is 12.2. The molecule has 0 atom stereocenters. The number of nitrogens with one attached hydrogen (secondary N) is 1. The van der Waals surface area contributed by atoms with E-state index >= 15 is 0 Å². The van der Waals surface area contributed by atoms with E-state index in [-0.39, 0.29) is 17.9 Å². The molecule has 120 valence electrons. The number of para-hydroxylation sites is 1. The minimum atomic E-state index is -0.734. The summed E-state index contributed by atoms with van der Waals surface area (Å²) in [7, 11) is 1.51. The van der Waals surface area contributed by atoms with Crippen LogP contribution < -0.4 is 15.8 Å². The van der Waals surface area contributed by atoms with Crippen LogP contribution in [-0.2, 0) is 19.1 Å². The van der Waals surface area contributed by atoms with E-state index in [9.17, 15) is 14.4 Å². The second-order valence-electron chi connectivity index (χ2n) is 4.17. The summed E-state index contributed by atoms with van der Waals surface area (Å²) in [6, 6.07) is 6.19. The largest absolute Gasteiger partial charge is 0.483 e. The quantitative estimate of drug-likeness (QED) is 0.468. The van der Waals surface area contributed by atoms with E-state index in [2.05, 4.69) is 5.32 Å². The van der Waals surface area contributed by atoms with Gasteiger partial charge in [0.05, 0.1) is 6.61 Å². The molecule has 1 aromatic carbocycles. The van der Waals surface area contributed by atoms with Crippen LogP contribution in [0.2, 0.25) is 0 Å². The fourth-order valence-electron chi connectivity index (χ4n) is 1.46. The van der Waals surface area contributed by atoms with Gasteiger partial charge in [-0.25, -0.2) is 4.79 Å². The first-order valence-corrected chi connectivity index (χ1v) is 6.47. The minimum absolute atomic E-state index is 0.105. The van der Waals surface area contributed by atoms with E-state index in [4.69, 9.17) is 19.9 Å². The van der Waals surface area contributed by atoms with Crippen LogP contribution in [-0.4, -0.2) is 51.3 Å². The number of benzene rings is 1. The fraction of sp³-hybridized carbons (Fsp3) is 0.357. The third-order valence-corrected chi connectivity index (χ3v) is 2.44. The Kier molecular flexibility index (Phi) is 7.41. The summed E-state index contributed by atoms with van der Waals surface area (Å²) < 4.78 is 14.8. The van der Waals surface area contributed by atoms with E-state index in [0.29, 0.717) is 13.2 Å². The van der Waals surface area contributed by atoms with Gasteiger partial charge in [-0.2, -0.15) is 0 Å². The number of carbonyl (C=O) groups excluding carboxylic acids is 3.